The molecule has 0 saturated carbocycles. The van der Waals surface area contributed by atoms with Gasteiger partial charge in [-0.2, -0.15) is 0 Å². The lowest BCUT2D eigenvalue weighted by atomic mass is 10.0. The van der Waals surface area contributed by atoms with Gasteiger partial charge in [0, 0.05) is 7.05 Å². The molecule has 0 radical (unpaired) electrons. The van der Waals surface area contributed by atoms with Crippen LogP contribution in [0.4, 0.5) is 4.79 Å². The van der Waals surface area contributed by atoms with Gasteiger partial charge in [0.2, 0.25) is 0 Å². The molecule has 3 nitrogen and oxygen atoms in total. The van der Waals surface area contributed by atoms with Crippen LogP contribution in [0.15, 0.2) is 12.2 Å². The van der Waals surface area contributed by atoms with Crippen molar-refractivity contribution in [2.24, 2.45) is 5.41 Å². The Morgan fingerprint density at radius 1 is 1.09 bits per heavy atom. The van der Waals surface area contributed by atoms with Gasteiger partial charge in [-0.05, 0) is 39.5 Å². The fourth-order valence-electron chi connectivity index (χ4n) is 0.756. The summed E-state index contributed by atoms with van der Waals surface area (Å²) < 4.78 is 4.84. The molecule has 0 saturated heterocycles. The van der Waals surface area contributed by atoms with Gasteiger partial charge in [-0.1, -0.05) is 46.6 Å². The molecular formula is C19H39NO2. The predicted octanol–water partition coefficient (Wildman–Crippen LogP) is 5.81. The second kappa shape index (κ2) is 15.9. The molecule has 0 aromatic rings. The van der Waals surface area contributed by atoms with E-state index < -0.39 is 0 Å². The lowest BCUT2D eigenvalue weighted by Crippen LogP contribution is -2.30. The molecule has 0 rings (SSSR count). The predicted molar refractivity (Wildman–Crippen MR) is 100 cm³/mol. The first-order chi connectivity index (χ1) is 9.72. The monoisotopic (exact) mass is 313 g/mol. The first-order valence-electron chi connectivity index (χ1n) is 7.61. The molecule has 0 fully saturated rings. The van der Waals surface area contributed by atoms with Gasteiger partial charge in [0.05, 0.1) is 0 Å². The van der Waals surface area contributed by atoms with Crippen molar-refractivity contribution in [1.29, 1.82) is 0 Å². The van der Waals surface area contributed by atoms with E-state index >= 15 is 0 Å². The third-order valence-electron chi connectivity index (χ3n) is 1.28. The zero-order chi connectivity index (χ0) is 19.0. The lowest BCUT2D eigenvalue weighted by Gasteiger charge is -2.18. The minimum Gasteiger partial charge on any atom is -0.444 e. The summed E-state index contributed by atoms with van der Waals surface area (Å²) in [6.45, 7) is 22.2. The fraction of sp³-hybridized carbons (Fsp3) is 0.737. The summed E-state index contributed by atoms with van der Waals surface area (Å²) >= 11 is 0. The molecule has 1 amide bonds. The number of hydrogen-bond donors (Lipinski definition) is 1. The molecule has 22 heavy (non-hydrogen) atoms. The number of rotatable bonds is 2. The molecule has 1 N–H and O–H groups in total. The Bertz CT molecular complexity index is 285. The summed E-state index contributed by atoms with van der Waals surface area (Å²) in [5, 5.41) is 2.36. The van der Waals surface area contributed by atoms with E-state index in [1.165, 1.54) is 25.5 Å². The van der Waals surface area contributed by atoms with E-state index in [2.05, 4.69) is 66.3 Å². The highest BCUT2D eigenvalue weighted by atomic mass is 16.6. The van der Waals surface area contributed by atoms with Gasteiger partial charge in [0.15, 0.2) is 0 Å². The number of carbonyl (C=O) groups excluding carboxylic acids is 1. The summed E-state index contributed by atoms with van der Waals surface area (Å²) in [5.41, 5.74) is 1.40. The van der Waals surface area contributed by atoms with Gasteiger partial charge in [-0.15, -0.1) is 19.4 Å². The Morgan fingerprint density at radius 2 is 1.41 bits per heavy atom. The number of amides is 1. The smallest absolute Gasteiger partial charge is 0.407 e. The van der Waals surface area contributed by atoms with Gasteiger partial charge in [0.1, 0.15) is 5.60 Å². The lowest BCUT2D eigenvalue weighted by molar-refractivity contribution is 0.0541. The summed E-state index contributed by atoms with van der Waals surface area (Å²) in [5.74, 6) is 0. The number of hydrogen-bond acceptors (Lipinski definition) is 2. The second-order valence-electron chi connectivity index (χ2n) is 7.46. The molecular weight excluding hydrogens is 274 g/mol. The van der Waals surface area contributed by atoms with Crippen molar-refractivity contribution in [2.75, 3.05) is 7.05 Å². The van der Waals surface area contributed by atoms with Crippen molar-refractivity contribution in [1.82, 2.24) is 5.32 Å². The Balaban J connectivity index is -0.000000109. The zero-order valence-electron chi connectivity index (χ0n) is 16.6. The topological polar surface area (TPSA) is 38.3 Å². The highest BCUT2D eigenvalue weighted by molar-refractivity contribution is 5.67. The van der Waals surface area contributed by atoms with Crippen molar-refractivity contribution in [3.63, 3.8) is 0 Å². The molecule has 3 heteroatoms. The third kappa shape index (κ3) is 78.1. The van der Waals surface area contributed by atoms with Crippen LogP contribution in [-0.4, -0.2) is 18.7 Å². The van der Waals surface area contributed by atoms with Gasteiger partial charge < -0.3 is 10.1 Å². The molecule has 0 aromatic heterocycles. The molecule has 0 bridgehead atoms. The third-order valence-corrected chi connectivity index (χ3v) is 1.28. The average Bonchev–Trinajstić information content (AvgIpc) is 2.27. The highest BCUT2D eigenvalue weighted by Gasteiger charge is 2.13. The van der Waals surface area contributed by atoms with Crippen molar-refractivity contribution in [3.05, 3.63) is 12.2 Å². The molecule has 0 aliphatic carbocycles. The second-order valence-corrected chi connectivity index (χ2v) is 7.46. The Morgan fingerprint density at radius 3 is 1.45 bits per heavy atom. The molecule has 0 aromatic carbocycles. The van der Waals surface area contributed by atoms with Crippen LogP contribution in [0.5, 0.6) is 0 Å². The van der Waals surface area contributed by atoms with Crippen LogP contribution >= 0.6 is 0 Å². The maximum absolute atomic E-state index is 10.5. The normalized spacial score (nSPS) is 9.45. The van der Waals surface area contributed by atoms with Gasteiger partial charge in [-0.25, -0.2) is 4.79 Å². The van der Waals surface area contributed by atoms with Gasteiger partial charge >= 0.3 is 6.09 Å². The summed E-state index contributed by atoms with van der Waals surface area (Å²) in [6.07, 6.45) is 10.0. The maximum atomic E-state index is 10.5. The van der Waals surface area contributed by atoms with E-state index in [0.29, 0.717) is 5.41 Å². The van der Waals surface area contributed by atoms with Gasteiger partial charge in [0.25, 0.3) is 0 Å². The van der Waals surface area contributed by atoms with E-state index in [1.54, 1.807) is 0 Å². The summed E-state index contributed by atoms with van der Waals surface area (Å²) in [4.78, 5) is 10.5. The molecule has 132 valence electrons. The molecule has 0 spiro atoms. The molecule has 0 unspecified atom stereocenters. The van der Waals surface area contributed by atoms with E-state index in [9.17, 15) is 4.79 Å². The minimum atomic E-state index is -0.389. The van der Waals surface area contributed by atoms with Crippen LogP contribution < -0.4 is 5.32 Å². The van der Waals surface area contributed by atoms with Crippen LogP contribution in [0.1, 0.15) is 75.2 Å². The van der Waals surface area contributed by atoms with Crippen LogP contribution in [0.3, 0.4) is 0 Å². The first kappa shape index (κ1) is 28.7. The van der Waals surface area contributed by atoms with Gasteiger partial charge in [-0.3, -0.25) is 0 Å². The fourth-order valence-corrected chi connectivity index (χ4v) is 0.756. The van der Waals surface area contributed by atoms with E-state index in [-0.39, 0.29) is 11.7 Å². The van der Waals surface area contributed by atoms with Crippen molar-refractivity contribution in [2.45, 2.75) is 80.8 Å². The zero-order valence-corrected chi connectivity index (χ0v) is 16.6. The number of ether oxygens (including phenoxy) is 1. The van der Waals surface area contributed by atoms with E-state index in [4.69, 9.17) is 4.74 Å². The SMILES string of the molecule is C#C.C=C(C)CCC.CC(C)(C)C.CNC(=O)OC(C)(C)C. The van der Waals surface area contributed by atoms with Crippen LogP contribution in [-0.2, 0) is 4.74 Å². The first-order valence-corrected chi connectivity index (χ1v) is 7.61. The van der Waals surface area contributed by atoms with Crippen molar-refractivity contribution in [3.8, 4) is 12.8 Å². The summed E-state index contributed by atoms with van der Waals surface area (Å²) in [7, 11) is 1.54. The Kier molecular flexibility index (Phi) is 20.8. The van der Waals surface area contributed by atoms with Crippen LogP contribution in [0.2, 0.25) is 0 Å². The van der Waals surface area contributed by atoms with Crippen LogP contribution in [0.25, 0.3) is 0 Å². The quantitative estimate of drug-likeness (QED) is 0.516. The molecule has 0 heterocycles. The molecule has 0 aliphatic rings. The molecule has 0 atom stereocenters. The standard InChI is InChI=1S/C6H13NO2.C6H12.C5H12.C2H2/c1-6(2,3)9-5(8)7-4;1-4-5-6(2)3;1-5(2,3)4;1-2/h1-4H3,(H,7,8);2,4-5H2,1,3H3;1-4H3;1-2H. The molecule has 0 aliphatic heterocycles. The van der Waals surface area contributed by atoms with E-state index in [0.717, 1.165) is 0 Å². The number of nitrogens with one attached hydrogen (secondary N) is 1. The number of carbonyl (C=O) groups is 1. The number of terminal acetylenes is 1. The highest BCUT2D eigenvalue weighted by Crippen LogP contribution is 2.08. The maximum Gasteiger partial charge on any atom is 0.407 e. The largest absolute Gasteiger partial charge is 0.444 e. The van der Waals surface area contributed by atoms with Crippen molar-refractivity contribution < 1.29 is 9.53 Å². The van der Waals surface area contributed by atoms with Crippen molar-refractivity contribution >= 4 is 6.09 Å². The Labute approximate surface area is 139 Å². The Hall–Kier alpha value is -1.43. The summed E-state index contributed by atoms with van der Waals surface area (Å²) in [6, 6.07) is 0. The van der Waals surface area contributed by atoms with E-state index in [1.807, 2.05) is 20.8 Å². The minimum absolute atomic E-state index is 0.387. The number of allylic oxidation sites excluding steroid dienone is 1. The number of alkyl carbamates (subject to hydrolysis) is 1. The average molecular weight is 314 g/mol. The van der Waals surface area contributed by atoms with Crippen LogP contribution in [0, 0.1) is 18.3 Å².